The van der Waals surface area contributed by atoms with Crippen LogP contribution in [0.2, 0.25) is 0 Å². The predicted octanol–water partition coefficient (Wildman–Crippen LogP) is 3.78. The fourth-order valence-electron chi connectivity index (χ4n) is 1.08. The van der Waals surface area contributed by atoms with Gasteiger partial charge in [-0.1, -0.05) is 13.8 Å². The lowest BCUT2D eigenvalue weighted by Gasteiger charge is -2.01. The molecule has 0 aliphatic carbocycles. The van der Waals surface area contributed by atoms with Gasteiger partial charge in [-0.25, -0.2) is 4.98 Å². The molecule has 0 aliphatic rings. The summed E-state index contributed by atoms with van der Waals surface area (Å²) in [5.41, 5.74) is 0. The van der Waals surface area contributed by atoms with E-state index in [0.29, 0.717) is 23.7 Å². The molecule has 0 atom stereocenters. The van der Waals surface area contributed by atoms with Crippen LogP contribution in [-0.4, -0.2) is 10.8 Å². The Hall–Kier alpha value is -0.910. The molecule has 0 N–H and O–H groups in total. The van der Waals surface area contributed by atoms with Crippen LogP contribution in [0.5, 0.6) is 0 Å². The summed E-state index contributed by atoms with van der Waals surface area (Å²) in [7, 11) is 0. The number of aromatic nitrogens is 1. The van der Waals surface area contributed by atoms with E-state index in [0.717, 1.165) is 6.20 Å². The maximum absolute atomic E-state index is 12.2. The molecule has 1 aromatic heterocycles. The summed E-state index contributed by atoms with van der Waals surface area (Å²) in [4.78, 5) is 14.8. The second-order valence-electron chi connectivity index (χ2n) is 3.88. The van der Waals surface area contributed by atoms with E-state index in [4.69, 9.17) is 0 Å². The molecule has 0 aromatic carbocycles. The van der Waals surface area contributed by atoms with Crippen molar-refractivity contribution in [3.05, 3.63) is 16.1 Å². The van der Waals surface area contributed by atoms with Gasteiger partial charge >= 0.3 is 6.18 Å². The lowest BCUT2D eigenvalue weighted by Crippen LogP contribution is -2.03. The molecule has 0 unspecified atom stereocenters. The summed E-state index contributed by atoms with van der Waals surface area (Å²) in [6, 6.07) is 0. The molecule has 6 heteroatoms. The number of alkyl halides is 3. The van der Waals surface area contributed by atoms with Crippen molar-refractivity contribution in [3.8, 4) is 0 Å². The Kier molecular flexibility index (Phi) is 4.07. The quantitative estimate of drug-likeness (QED) is 0.762. The largest absolute Gasteiger partial charge is 0.443 e. The van der Waals surface area contributed by atoms with E-state index in [9.17, 15) is 18.0 Å². The van der Waals surface area contributed by atoms with Gasteiger partial charge in [-0.05, 0) is 12.3 Å². The third-order valence-electron chi connectivity index (χ3n) is 1.97. The third kappa shape index (κ3) is 3.59. The minimum atomic E-state index is -4.46. The number of carbonyl (C=O) groups excluding carboxylic acids is 1. The van der Waals surface area contributed by atoms with E-state index in [-0.39, 0.29) is 17.1 Å². The van der Waals surface area contributed by atoms with Gasteiger partial charge in [0.05, 0.1) is 4.88 Å². The van der Waals surface area contributed by atoms with E-state index < -0.39 is 11.2 Å². The lowest BCUT2D eigenvalue weighted by atomic mass is 10.1. The molecule has 0 amide bonds. The fraction of sp³-hybridized carbons (Fsp3) is 0.600. The molecular formula is C10H12F3NOS. The van der Waals surface area contributed by atoms with Gasteiger partial charge in [-0.15, -0.1) is 11.3 Å². The molecule has 1 heterocycles. The van der Waals surface area contributed by atoms with Gasteiger partial charge < -0.3 is 0 Å². The molecule has 0 fully saturated rings. The highest BCUT2D eigenvalue weighted by atomic mass is 32.1. The van der Waals surface area contributed by atoms with Crippen LogP contribution in [0.15, 0.2) is 6.20 Å². The summed E-state index contributed by atoms with van der Waals surface area (Å²) < 4.78 is 36.6. The Bertz CT molecular complexity index is 370. The highest BCUT2D eigenvalue weighted by molar-refractivity contribution is 7.13. The van der Waals surface area contributed by atoms with E-state index in [2.05, 4.69) is 4.98 Å². The average Bonchev–Trinajstić information content (AvgIpc) is 2.61. The number of hydrogen-bond donors (Lipinski definition) is 0. The minimum Gasteiger partial charge on any atom is -0.293 e. The van der Waals surface area contributed by atoms with Crippen LogP contribution in [0, 0.1) is 5.92 Å². The van der Waals surface area contributed by atoms with Gasteiger partial charge in [0.15, 0.2) is 10.8 Å². The van der Waals surface area contributed by atoms with Crippen LogP contribution < -0.4 is 0 Å². The van der Waals surface area contributed by atoms with Crippen molar-refractivity contribution in [1.82, 2.24) is 4.98 Å². The number of ketones is 1. The maximum Gasteiger partial charge on any atom is 0.443 e. The first kappa shape index (κ1) is 13.2. The van der Waals surface area contributed by atoms with E-state index in [1.54, 1.807) is 0 Å². The minimum absolute atomic E-state index is 0.0907. The van der Waals surface area contributed by atoms with Crippen molar-refractivity contribution in [3.63, 3.8) is 0 Å². The van der Waals surface area contributed by atoms with Crippen molar-refractivity contribution >= 4 is 17.1 Å². The zero-order chi connectivity index (χ0) is 12.3. The fourth-order valence-corrected chi connectivity index (χ4v) is 1.83. The molecule has 2 nitrogen and oxygen atoms in total. The van der Waals surface area contributed by atoms with Gasteiger partial charge in [-0.2, -0.15) is 13.2 Å². The SMILES string of the molecule is CC(C)CCC(=O)c1cnc(C(F)(F)F)s1. The van der Waals surface area contributed by atoms with Crippen LogP contribution in [0.25, 0.3) is 0 Å². The predicted molar refractivity (Wildman–Crippen MR) is 55.5 cm³/mol. The number of nitrogens with zero attached hydrogens (tertiary/aromatic N) is 1. The number of halogens is 3. The van der Waals surface area contributed by atoms with Crippen LogP contribution in [0.4, 0.5) is 13.2 Å². The summed E-state index contributed by atoms with van der Waals surface area (Å²) in [5, 5.41) is -0.958. The van der Waals surface area contributed by atoms with Gasteiger partial charge in [0, 0.05) is 12.6 Å². The Morgan fingerprint density at radius 1 is 1.50 bits per heavy atom. The smallest absolute Gasteiger partial charge is 0.293 e. The molecule has 0 aliphatic heterocycles. The Morgan fingerprint density at radius 2 is 2.12 bits per heavy atom. The van der Waals surface area contributed by atoms with Crippen LogP contribution in [0.1, 0.15) is 41.4 Å². The second kappa shape index (κ2) is 4.95. The number of hydrogen-bond acceptors (Lipinski definition) is 3. The lowest BCUT2D eigenvalue weighted by molar-refractivity contribution is -0.137. The molecule has 16 heavy (non-hydrogen) atoms. The van der Waals surface area contributed by atoms with Crippen molar-refractivity contribution in [2.45, 2.75) is 32.9 Å². The van der Waals surface area contributed by atoms with Crippen molar-refractivity contribution < 1.29 is 18.0 Å². The van der Waals surface area contributed by atoms with Crippen molar-refractivity contribution in [2.24, 2.45) is 5.92 Å². The Morgan fingerprint density at radius 3 is 2.56 bits per heavy atom. The van der Waals surface area contributed by atoms with Crippen LogP contribution in [-0.2, 0) is 6.18 Å². The molecule has 0 spiro atoms. The van der Waals surface area contributed by atoms with Crippen molar-refractivity contribution in [1.29, 1.82) is 0 Å². The second-order valence-corrected chi connectivity index (χ2v) is 4.91. The van der Waals surface area contributed by atoms with Crippen molar-refractivity contribution in [2.75, 3.05) is 0 Å². The third-order valence-corrected chi connectivity index (χ3v) is 3.05. The molecule has 1 aromatic rings. The first-order chi connectivity index (χ1) is 7.30. The van der Waals surface area contributed by atoms with E-state index >= 15 is 0 Å². The maximum atomic E-state index is 12.2. The zero-order valence-electron chi connectivity index (χ0n) is 8.97. The number of rotatable bonds is 4. The normalized spacial score (nSPS) is 12.1. The molecule has 0 saturated carbocycles. The summed E-state index contributed by atoms with van der Waals surface area (Å²) >= 11 is 0.414. The molecular weight excluding hydrogens is 239 g/mol. The summed E-state index contributed by atoms with van der Waals surface area (Å²) in [6.07, 6.45) is -2.49. The van der Waals surface area contributed by atoms with Gasteiger partial charge in [0.1, 0.15) is 0 Å². The number of Topliss-reactive ketones (excluding diaryl/α,β-unsaturated/α-hetero) is 1. The van der Waals surface area contributed by atoms with Gasteiger partial charge in [0.2, 0.25) is 0 Å². The first-order valence-corrected chi connectivity index (χ1v) is 5.68. The molecule has 1 rings (SSSR count). The Balaban J connectivity index is 2.67. The monoisotopic (exact) mass is 251 g/mol. The van der Waals surface area contributed by atoms with E-state index in [1.807, 2.05) is 13.8 Å². The highest BCUT2D eigenvalue weighted by Gasteiger charge is 2.35. The summed E-state index contributed by atoms with van der Waals surface area (Å²) in [6.45, 7) is 3.92. The average molecular weight is 251 g/mol. The highest BCUT2D eigenvalue weighted by Crippen LogP contribution is 2.32. The molecule has 0 bridgehead atoms. The van der Waals surface area contributed by atoms with Crippen LogP contribution >= 0.6 is 11.3 Å². The topological polar surface area (TPSA) is 30.0 Å². The molecule has 90 valence electrons. The van der Waals surface area contributed by atoms with Gasteiger partial charge in [0.25, 0.3) is 0 Å². The standard InChI is InChI=1S/C10H12F3NOS/c1-6(2)3-4-7(15)8-5-14-9(16-8)10(11,12)13/h5-6H,3-4H2,1-2H3. The summed E-state index contributed by atoms with van der Waals surface area (Å²) in [5.74, 6) is 0.0978. The number of carbonyl (C=O) groups is 1. The van der Waals surface area contributed by atoms with Crippen LogP contribution in [0.3, 0.4) is 0 Å². The Labute approximate surface area is 95.5 Å². The number of thiazole rings is 1. The zero-order valence-corrected chi connectivity index (χ0v) is 9.78. The molecule has 0 radical (unpaired) electrons. The van der Waals surface area contributed by atoms with E-state index in [1.165, 1.54) is 0 Å². The van der Waals surface area contributed by atoms with Gasteiger partial charge in [-0.3, -0.25) is 4.79 Å². The molecule has 0 saturated heterocycles. The first-order valence-electron chi connectivity index (χ1n) is 4.87.